The molecule has 3 N–H and O–H groups in total. The molecule has 0 spiro atoms. The second-order valence-electron chi connectivity index (χ2n) is 7.90. The lowest BCUT2D eigenvalue weighted by molar-refractivity contribution is -0.134. The summed E-state index contributed by atoms with van der Waals surface area (Å²) in [7, 11) is -3.41. The quantitative estimate of drug-likeness (QED) is 0.359. The molecule has 1 atom stereocenters. The number of hydroxylamine groups is 1. The second-order valence-corrected chi connectivity index (χ2v) is 9.88. The maximum atomic E-state index is 12.6. The molecule has 0 radical (unpaired) electrons. The van der Waals surface area contributed by atoms with E-state index in [4.69, 9.17) is 9.94 Å². The van der Waals surface area contributed by atoms with Gasteiger partial charge in [-0.15, -0.1) is 0 Å². The molecule has 10 nitrogen and oxygen atoms in total. The highest BCUT2D eigenvalue weighted by Gasteiger charge is 2.34. The Kier molecular flexibility index (Phi) is 8.03. The molecular weight excluding hydrogens is 448 g/mol. The summed E-state index contributed by atoms with van der Waals surface area (Å²) in [5, 5.41) is 11.7. The topological polar surface area (TPSA) is 128 Å². The third-order valence-corrected chi connectivity index (χ3v) is 6.60. The summed E-state index contributed by atoms with van der Waals surface area (Å²) in [6.45, 7) is 2.84. The fourth-order valence-electron chi connectivity index (χ4n) is 3.53. The normalized spacial score (nSPS) is 15.7. The van der Waals surface area contributed by atoms with E-state index in [0.29, 0.717) is 24.5 Å². The molecule has 2 aromatic carbocycles. The Morgan fingerprint density at radius 1 is 1.15 bits per heavy atom. The van der Waals surface area contributed by atoms with Crippen LogP contribution in [0.3, 0.4) is 0 Å². The average molecular weight is 477 g/mol. The number of hydrogen-bond acceptors (Lipinski definition) is 7. The highest BCUT2D eigenvalue weighted by atomic mass is 32.2. The third kappa shape index (κ3) is 6.75. The number of benzene rings is 2. The minimum atomic E-state index is -3.41. The lowest BCUT2D eigenvalue weighted by Gasteiger charge is -2.25. The van der Waals surface area contributed by atoms with Crippen LogP contribution in [0.25, 0.3) is 0 Å². The van der Waals surface area contributed by atoms with Crippen molar-refractivity contribution in [3.63, 3.8) is 0 Å². The van der Waals surface area contributed by atoms with E-state index in [1.165, 1.54) is 4.31 Å². The van der Waals surface area contributed by atoms with Gasteiger partial charge in [-0.2, -0.15) is 4.31 Å². The maximum absolute atomic E-state index is 12.6. The number of carbonyl (C=O) groups is 2. The summed E-state index contributed by atoms with van der Waals surface area (Å²) < 4.78 is 30.4. The van der Waals surface area contributed by atoms with Crippen LogP contribution in [0.1, 0.15) is 21.5 Å². The molecule has 2 aromatic rings. The van der Waals surface area contributed by atoms with E-state index in [-0.39, 0.29) is 19.8 Å². The van der Waals surface area contributed by atoms with Gasteiger partial charge in [-0.3, -0.25) is 19.7 Å². The monoisotopic (exact) mass is 476 g/mol. The number of sulfonamides is 1. The van der Waals surface area contributed by atoms with E-state index >= 15 is 0 Å². The second kappa shape index (κ2) is 10.8. The van der Waals surface area contributed by atoms with Gasteiger partial charge in [0.2, 0.25) is 10.0 Å². The van der Waals surface area contributed by atoms with Crippen LogP contribution in [-0.4, -0.2) is 73.2 Å². The zero-order valence-electron chi connectivity index (χ0n) is 18.5. The van der Waals surface area contributed by atoms with Crippen molar-refractivity contribution in [1.82, 2.24) is 20.0 Å². The molecule has 0 saturated carbocycles. The number of hydrogen-bond donors (Lipinski definition) is 3. The number of aryl methyl sites for hydroxylation is 1. The van der Waals surface area contributed by atoms with Gasteiger partial charge in [0.05, 0.1) is 12.9 Å². The molecule has 3 rings (SSSR count). The first-order chi connectivity index (χ1) is 15.7. The first kappa shape index (κ1) is 24.6. The number of rotatable bonds is 9. The Morgan fingerprint density at radius 3 is 2.48 bits per heavy atom. The van der Waals surface area contributed by atoms with Crippen LogP contribution in [0.5, 0.6) is 5.75 Å². The smallest absolute Gasteiger partial charge is 0.262 e. The third-order valence-electron chi connectivity index (χ3n) is 5.36. The Bertz CT molecular complexity index is 1090. The van der Waals surface area contributed by atoms with Crippen LogP contribution >= 0.6 is 0 Å². The average Bonchev–Trinajstić information content (AvgIpc) is 3.28. The molecule has 0 bridgehead atoms. The molecule has 33 heavy (non-hydrogen) atoms. The van der Waals surface area contributed by atoms with E-state index in [1.54, 1.807) is 34.6 Å². The van der Waals surface area contributed by atoms with Crippen LogP contribution in [0.4, 0.5) is 0 Å². The molecule has 0 aliphatic carbocycles. The Hall–Kier alpha value is -2.99. The van der Waals surface area contributed by atoms with E-state index in [9.17, 15) is 18.0 Å². The van der Waals surface area contributed by atoms with E-state index in [1.807, 2.05) is 31.2 Å². The summed E-state index contributed by atoms with van der Waals surface area (Å²) in [5.74, 6) is -0.524. The summed E-state index contributed by atoms with van der Waals surface area (Å²) in [5.41, 5.74) is 4.15. The number of carbonyl (C=O) groups excluding carboxylic acids is 2. The van der Waals surface area contributed by atoms with Gasteiger partial charge in [-0.05, 0) is 36.8 Å². The van der Waals surface area contributed by atoms with Crippen molar-refractivity contribution in [2.24, 2.45) is 0 Å². The van der Waals surface area contributed by atoms with Crippen molar-refractivity contribution < 1.29 is 28.0 Å². The lowest BCUT2D eigenvalue weighted by atomic mass is 10.1. The van der Waals surface area contributed by atoms with Crippen LogP contribution in [0.2, 0.25) is 0 Å². The van der Waals surface area contributed by atoms with Gasteiger partial charge in [-0.25, -0.2) is 13.9 Å². The van der Waals surface area contributed by atoms with Gasteiger partial charge >= 0.3 is 0 Å². The van der Waals surface area contributed by atoms with Crippen molar-refractivity contribution in [3.8, 4) is 5.75 Å². The van der Waals surface area contributed by atoms with Gasteiger partial charge in [0, 0.05) is 25.2 Å². The number of nitrogens with one attached hydrogen (secondary N) is 2. The minimum absolute atomic E-state index is 0.000233. The summed E-state index contributed by atoms with van der Waals surface area (Å²) >= 11 is 0. The van der Waals surface area contributed by atoms with Crippen LogP contribution in [0.15, 0.2) is 48.5 Å². The minimum Gasteiger partial charge on any atom is -0.489 e. The Morgan fingerprint density at radius 2 is 1.88 bits per heavy atom. The van der Waals surface area contributed by atoms with Crippen molar-refractivity contribution >= 4 is 21.8 Å². The van der Waals surface area contributed by atoms with Gasteiger partial charge in [-0.1, -0.05) is 29.8 Å². The summed E-state index contributed by atoms with van der Waals surface area (Å²) in [6.07, 6.45) is 1.09. The van der Waals surface area contributed by atoms with Gasteiger partial charge in [0.1, 0.15) is 18.4 Å². The first-order valence-electron chi connectivity index (χ1n) is 10.4. The van der Waals surface area contributed by atoms with Crippen molar-refractivity contribution in [2.75, 3.05) is 32.6 Å². The largest absolute Gasteiger partial charge is 0.489 e. The zero-order chi connectivity index (χ0) is 24.0. The summed E-state index contributed by atoms with van der Waals surface area (Å²) in [4.78, 5) is 26.3. The number of nitrogens with zero attached hydrogens (tertiary/aromatic N) is 2. The predicted octanol–water partition coefficient (Wildman–Crippen LogP) is 0.713. The SMILES string of the molecule is Cc1cccc(COc2ccc(C(=O)NC[C@@H](C(=O)NO)N3CCN(S(C)(=O)=O)C3)cc2)c1. The van der Waals surface area contributed by atoms with E-state index < -0.39 is 27.9 Å². The van der Waals surface area contributed by atoms with Crippen LogP contribution < -0.4 is 15.5 Å². The maximum Gasteiger partial charge on any atom is 0.262 e. The van der Waals surface area contributed by atoms with Gasteiger partial charge in [0.25, 0.3) is 11.8 Å². The summed E-state index contributed by atoms with van der Waals surface area (Å²) in [6, 6.07) is 13.7. The molecule has 1 aliphatic heterocycles. The standard InChI is InChI=1S/C22H28N4O6S/c1-16-4-3-5-17(12-16)14-32-19-8-6-18(7-9-19)21(27)23-13-20(22(28)24-29)25-10-11-26(15-25)33(2,30)31/h3-9,12,20,29H,10-11,13-15H2,1-2H3,(H,23,27)(H,24,28)/t20-/m0/s1. The Balaban J connectivity index is 1.56. The lowest BCUT2D eigenvalue weighted by Crippen LogP contribution is -2.52. The van der Waals surface area contributed by atoms with Crippen molar-refractivity contribution in [2.45, 2.75) is 19.6 Å². The van der Waals surface area contributed by atoms with Crippen molar-refractivity contribution in [1.29, 1.82) is 0 Å². The molecule has 0 aromatic heterocycles. The molecule has 0 unspecified atom stereocenters. The fraction of sp³-hybridized carbons (Fsp3) is 0.364. The van der Waals surface area contributed by atoms with E-state index in [0.717, 1.165) is 17.4 Å². The van der Waals surface area contributed by atoms with Crippen LogP contribution in [0, 0.1) is 6.92 Å². The van der Waals surface area contributed by atoms with E-state index in [2.05, 4.69) is 5.32 Å². The first-order valence-corrected chi connectivity index (χ1v) is 12.2. The molecule has 2 amide bonds. The number of amides is 2. The van der Waals surface area contributed by atoms with Crippen molar-refractivity contribution in [3.05, 3.63) is 65.2 Å². The highest BCUT2D eigenvalue weighted by molar-refractivity contribution is 7.88. The van der Waals surface area contributed by atoms with Gasteiger partial charge in [0.15, 0.2) is 0 Å². The molecule has 1 aliphatic rings. The van der Waals surface area contributed by atoms with Gasteiger partial charge < -0.3 is 10.1 Å². The predicted molar refractivity (Wildman–Crippen MR) is 121 cm³/mol. The molecule has 1 heterocycles. The van der Waals surface area contributed by atoms with Crippen LogP contribution in [-0.2, 0) is 21.4 Å². The molecule has 178 valence electrons. The highest BCUT2D eigenvalue weighted by Crippen LogP contribution is 2.16. The zero-order valence-corrected chi connectivity index (χ0v) is 19.3. The molecular formula is C22H28N4O6S. The molecule has 1 saturated heterocycles. The molecule has 11 heteroatoms. The molecule has 1 fully saturated rings. The Labute approximate surface area is 193 Å². The number of ether oxygens (including phenoxy) is 1. The fourth-order valence-corrected chi connectivity index (χ4v) is 4.31.